The number of aromatic nitrogens is 2. The van der Waals surface area contributed by atoms with Gasteiger partial charge in [0.2, 0.25) is 0 Å². The van der Waals surface area contributed by atoms with Gasteiger partial charge in [0, 0.05) is 12.3 Å². The molecule has 59 valence electrons. The Morgan fingerprint density at radius 1 is 1.55 bits per heavy atom. The predicted octanol–water partition coefficient (Wildman–Crippen LogP) is -0.347. The SMILES string of the molecule is O=S1(=O)CC(n2c[c]cn2)C1. The van der Waals surface area contributed by atoms with E-state index in [2.05, 4.69) is 11.2 Å². The van der Waals surface area contributed by atoms with Crippen LogP contribution in [-0.4, -0.2) is 29.7 Å². The van der Waals surface area contributed by atoms with Gasteiger partial charge < -0.3 is 0 Å². The molecule has 1 aliphatic rings. The number of hydrogen-bond acceptors (Lipinski definition) is 3. The van der Waals surface area contributed by atoms with Crippen LogP contribution in [0.4, 0.5) is 0 Å². The van der Waals surface area contributed by atoms with Gasteiger partial charge in [-0.2, -0.15) is 5.10 Å². The quantitative estimate of drug-likeness (QED) is 0.580. The van der Waals surface area contributed by atoms with Gasteiger partial charge in [-0.15, -0.1) is 0 Å². The molecule has 2 rings (SSSR count). The molecule has 1 saturated heterocycles. The van der Waals surface area contributed by atoms with E-state index in [9.17, 15) is 8.42 Å². The molecule has 0 bridgehead atoms. The van der Waals surface area contributed by atoms with E-state index in [1.807, 2.05) is 0 Å². The van der Waals surface area contributed by atoms with E-state index in [4.69, 9.17) is 0 Å². The smallest absolute Gasteiger partial charge is 0.154 e. The van der Waals surface area contributed by atoms with Crippen molar-refractivity contribution in [3.63, 3.8) is 0 Å². The van der Waals surface area contributed by atoms with Crippen molar-refractivity contribution in [1.82, 2.24) is 9.78 Å². The number of sulfone groups is 1. The third-order valence-electron chi connectivity index (χ3n) is 1.74. The first-order valence-corrected chi connectivity index (χ1v) is 5.10. The molecule has 0 N–H and O–H groups in total. The van der Waals surface area contributed by atoms with Crippen LogP contribution in [0.3, 0.4) is 0 Å². The Balaban J connectivity index is 2.14. The summed E-state index contributed by atoms with van der Waals surface area (Å²) in [7, 11) is -2.73. The van der Waals surface area contributed by atoms with Crippen molar-refractivity contribution in [2.75, 3.05) is 11.5 Å². The Bertz CT molecular complexity index is 329. The second-order valence-electron chi connectivity index (χ2n) is 2.65. The Kier molecular flexibility index (Phi) is 1.29. The zero-order valence-corrected chi connectivity index (χ0v) is 6.58. The predicted molar refractivity (Wildman–Crippen MR) is 38.8 cm³/mol. The highest BCUT2D eigenvalue weighted by molar-refractivity contribution is 7.92. The minimum atomic E-state index is -2.73. The van der Waals surface area contributed by atoms with E-state index < -0.39 is 9.84 Å². The van der Waals surface area contributed by atoms with Crippen LogP contribution in [0.25, 0.3) is 0 Å². The van der Waals surface area contributed by atoms with E-state index in [-0.39, 0.29) is 17.5 Å². The van der Waals surface area contributed by atoms with Gasteiger partial charge in [-0.05, 0) is 0 Å². The minimum absolute atomic E-state index is 0.0475. The summed E-state index contributed by atoms with van der Waals surface area (Å²) in [5, 5.41) is 3.90. The van der Waals surface area contributed by atoms with Crippen molar-refractivity contribution in [1.29, 1.82) is 0 Å². The third kappa shape index (κ3) is 1.16. The zero-order chi connectivity index (χ0) is 7.90. The largest absolute Gasteiger partial charge is 0.267 e. The van der Waals surface area contributed by atoms with E-state index in [0.717, 1.165) is 0 Å². The van der Waals surface area contributed by atoms with E-state index in [1.165, 1.54) is 6.20 Å². The van der Waals surface area contributed by atoms with Crippen LogP contribution in [0.2, 0.25) is 0 Å². The summed E-state index contributed by atoms with van der Waals surface area (Å²) < 4.78 is 23.1. The maximum Gasteiger partial charge on any atom is 0.154 e. The molecule has 1 fully saturated rings. The first kappa shape index (κ1) is 6.84. The zero-order valence-electron chi connectivity index (χ0n) is 5.77. The van der Waals surface area contributed by atoms with Gasteiger partial charge in [0.1, 0.15) is 0 Å². The van der Waals surface area contributed by atoms with Crippen LogP contribution < -0.4 is 0 Å². The summed E-state index contributed by atoms with van der Waals surface area (Å²) >= 11 is 0. The summed E-state index contributed by atoms with van der Waals surface area (Å²) in [4.78, 5) is 0. The van der Waals surface area contributed by atoms with Crippen molar-refractivity contribution in [3.05, 3.63) is 18.5 Å². The highest BCUT2D eigenvalue weighted by atomic mass is 32.2. The molecule has 0 aromatic carbocycles. The monoisotopic (exact) mass is 171 g/mol. The van der Waals surface area contributed by atoms with Crippen LogP contribution in [0, 0.1) is 6.07 Å². The van der Waals surface area contributed by atoms with Crippen molar-refractivity contribution in [3.8, 4) is 0 Å². The maximum absolute atomic E-state index is 10.7. The Labute approximate surface area is 64.8 Å². The Hall–Kier alpha value is -0.840. The fourth-order valence-electron chi connectivity index (χ4n) is 1.13. The van der Waals surface area contributed by atoms with Crippen LogP contribution in [0.5, 0.6) is 0 Å². The molecule has 1 radical (unpaired) electrons. The fourth-order valence-corrected chi connectivity index (χ4v) is 2.51. The lowest BCUT2D eigenvalue weighted by Crippen LogP contribution is -2.38. The number of nitrogens with zero attached hydrogens (tertiary/aromatic N) is 2. The summed E-state index contributed by atoms with van der Waals surface area (Å²) in [5.74, 6) is 0.449. The summed E-state index contributed by atoms with van der Waals surface area (Å²) in [5.41, 5.74) is 0. The molecular formula is C6H7N2O2S. The number of hydrogen-bond donors (Lipinski definition) is 0. The fraction of sp³-hybridized carbons (Fsp3) is 0.500. The molecule has 0 spiro atoms. The Morgan fingerprint density at radius 3 is 2.73 bits per heavy atom. The molecule has 5 heteroatoms. The highest BCUT2D eigenvalue weighted by Gasteiger charge is 2.34. The summed E-state index contributed by atoms with van der Waals surface area (Å²) in [6, 6.07) is 2.81. The first-order chi connectivity index (χ1) is 5.17. The molecule has 0 saturated carbocycles. The second kappa shape index (κ2) is 2.07. The lowest BCUT2D eigenvalue weighted by molar-refractivity contribution is 0.473. The highest BCUT2D eigenvalue weighted by Crippen LogP contribution is 2.21. The van der Waals surface area contributed by atoms with Crippen molar-refractivity contribution < 1.29 is 8.42 Å². The van der Waals surface area contributed by atoms with Gasteiger partial charge in [-0.1, -0.05) is 0 Å². The molecule has 0 amide bonds. The van der Waals surface area contributed by atoms with Gasteiger partial charge in [0.05, 0.1) is 23.7 Å². The van der Waals surface area contributed by atoms with Crippen molar-refractivity contribution >= 4 is 9.84 Å². The minimum Gasteiger partial charge on any atom is -0.267 e. The van der Waals surface area contributed by atoms with Crippen LogP contribution in [0.1, 0.15) is 6.04 Å². The molecular weight excluding hydrogens is 164 g/mol. The maximum atomic E-state index is 10.7. The standard InChI is InChI=1S/C6H7N2O2S/c9-11(10)4-6(5-11)8-3-1-2-7-8/h2-3,6H,4-5H2. The summed E-state index contributed by atoms with van der Waals surface area (Å²) in [6.07, 6.45) is 3.20. The van der Waals surface area contributed by atoms with Gasteiger partial charge in [-0.25, -0.2) is 8.42 Å². The Morgan fingerprint density at radius 2 is 2.27 bits per heavy atom. The molecule has 1 aromatic heterocycles. The molecule has 11 heavy (non-hydrogen) atoms. The molecule has 4 nitrogen and oxygen atoms in total. The van der Waals surface area contributed by atoms with Gasteiger partial charge in [0.25, 0.3) is 0 Å². The molecule has 0 atom stereocenters. The van der Waals surface area contributed by atoms with Crippen LogP contribution in [-0.2, 0) is 9.84 Å². The second-order valence-corrected chi connectivity index (χ2v) is 4.80. The molecule has 0 unspecified atom stereocenters. The van der Waals surface area contributed by atoms with E-state index in [0.29, 0.717) is 0 Å². The molecule has 2 heterocycles. The lowest BCUT2D eigenvalue weighted by Gasteiger charge is -2.25. The average molecular weight is 171 g/mol. The van der Waals surface area contributed by atoms with Crippen molar-refractivity contribution in [2.24, 2.45) is 0 Å². The van der Waals surface area contributed by atoms with Crippen LogP contribution >= 0.6 is 0 Å². The number of rotatable bonds is 1. The summed E-state index contributed by atoms with van der Waals surface area (Å²) in [6.45, 7) is 0. The average Bonchev–Trinajstić information content (AvgIpc) is 2.32. The van der Waals surface area contributed by atoms with Crippen LogP contribution in [0.15, 0.2) is 12.4 Å². The molecule has 0 aliphatic carbocycles. The van der Waals surface area contributed by atoms with Gasteiger partial charge in [0.15, 0.2) is 9.84 Å². The lowest BCUT2D eigenvalue weighted by atomic mass is 10.4. The van der Waals surface area contributed by atoms with E-state index in [1.54, 1.807) is 10.9 Å². The first-order valence-electron chi connectivity index (χ1n) is 3.28. The van der Waals surface area contributed by atoms with Gasteiger partial charge >= 0.3 is 0 Å². The van der Waals surface area contributed by atoms with E-state index >= 15 is 0 Å². The van der Waals surface area contributed by atoms with Gasteiger partial charge in [-0.3, -0.25) is 4.68 Å². The third-order valence-corrected chi connectivity index (χ3v) is 3.52. The topological polar surface area (TPSA) is 52.0 Å². The normalized spacial score (nSPS) is 22.9. The van der Waals surface area contributed by atoms with Crippen molar-refractivity contribution in [2.45, 2.75) is 6.04 Å². The molecule has 1 aromatic rings. The molecule has 1 aliphatic heterocycles.